The Bertz CT molecular complexity index is 1140. The Labute approximate surface area is 186 Å². The number of amides is 2. The average molecular weight is 432 g/mol. The molecular weight excluding hydrogens is 408 g/mol. The Hall–Kier alpha value is -4.00. The summed E-state index contributed by atoms with van der Waals surface area (Å²) < 4.78 is 16.3. The molecule has 0 radical (unpaired) electrons. The van der Waals surface area contributed by atoms with Crippen LogP contribution in [0.15, 0.2) is 60.7 Å². The highest BCUT2D eigenvalue weighted by Gasteiger charge is 2.16. The average Bonchev–Trinajstić information content (AvgIpc) is 3.24. The van der Waals surface area contributed by atoms with Crippen molar-refractivity contribution in [1.82, 2.24) is 5.32 Å². The number of carbonyl (C=O) groups is 2. The topological polar surface area (TPSA) is 85.9 Å². The first-order valence-electron chi connectivity index (χ1n) is 10.2. The van der Waals surface area contributed by atoms with Crippen LogP contribution < -0.4 is 24.8 Å². The van der Waals surface area contributed by atoms with E-state index in [0.717, 1.165) is 16.7 Å². The Morgan fingerprint density at radius 3 is 2.50 bits per heavy atom. The third-order valence-corrected chi connectivity index (χ3v) is 4.90. The van der Waals surface area contributed by atoms with Gasteiger partial charge in [0, 0.05) is 6.54 Å². The number of aryl methyl sites for hydroxylation is 2. The Morgan fingerprint density at radius 1 is 0.938 bits per heavy atom. The number of para-hydroxylation sites is 1. The van der Waals surface area contributed by atoms with E-state index in [1.807, 2.05) is 50.2 Å². The van der Waals surface area contributed by atoms with Crippen molar-refractivity contribution in [3.05, 3.63) is 82.9 Å². The van der Waals surface area contributed by atoms with E-state index < -0.39 is 0 Å². The number of ether oxygens (including phenoxy) is 3. The number of carbonyl (C=O) groups excluding carboxylic acids is 2. The number of benzene rings is 3. The van der Waals surface area contributed by atoms with Crippen molar-refractivity contribution < 1.29 is 23.8 Å². The molecular formula is C25H24N2O5. The van der Waals surface area contributed by atoms with Crippen LogP contribution in [0.3, 0.4) is 0 Å². The molecule has 0 atom stereocenters. The fourth-order valence-electron chi connectivity index (χ4n) is 3.47. The second kappa shape index (κ2) is 9.43. The van der Waals surface area contributed by atoms with Gasteiger partial charge in [-0.1, -0.05) is 24.3 Å². The van der Waals surface area contributed by atoms with Crippen LogP contribution >= 0.6 is 0 Å². The van der Waals surface area contributed by atoms with E-state index in [4.69, 9.17) is 14.2 Å². The molecule has 2 amide bonds. The second-order valence-electron chi connectivity index (χ2n) is 7.58. The summed E-state index contributed by atoms with van der Waals surface area (Å²) in [5, 5.41) is 5.63. The Balaban J connectivity index is 1.36. The molecule has 4 rings (SSSR count). The lowest BCUT2D eigenvalue weighted by atomic mass is 10.1. The summed E-state index contributed by atoms with van der Waals surface area (Å²) >= 11 is 0. The van der Waals surface area contributed by atoms with E-state index in [0.29, 0.717) is 35.0 Å². The van der Waals surface area contributed by atoms with Gasteiger partial charge in [0.15, 0.2) is 18.1 Å². The maximum atomic E-state index is 12.8. The van der Waals surface area contributed by atoms with Crippen LogP contribution in [0.25, 0.3) is 0 Å². The van der Waals surface area contributed by atoms with Crippen LogP contribution in [0.2, 0.25) is 0 Å². The third kappa shape index (κ3) is 5.18. The highest BCUT2D eigenvalue weighted by Crippen LogP contribution is 2.32. The lowest BCUT2D eigenvalue weighted by Gasteiger charge is -2.13. The molecule has 7 nitrogen and oxygen atoms in total. The number of nitrogens with one attached hydrogen (secondary N) is 2. The Kier molecular flexibility index (Phi) is 6.26. The van der Waals surface area contributed by atoms with Gasteiger partial charge in [0.2, 0.25) is 6.79 Å². The summed E-state index contributed by atoms with van der Waals surface area (Å²) in [5.74, 6) is 1.34. The molecule has 0 unspecified atom stereocenters. The second-order valence-corrected chi connectivity index (χ2v) is 7.58. The van der Waals surface area contributed by atoms with Crippen molar-refractivity contribution >= 4 is 17.5 Å². The summed E-state index contributed by atoms with van der Waals surface area (Å²) in [6.45, 7) is 4.30. The van der Waals surface area contributed by atoms with E-state index in [-0.39, 0.29) is 25.2 Å². The van der Waals surface area contributed by atoms with Crippen LogP contribution in [-0.2, 0) is 11.3 Å². The van der Waals surface area contributed by atoms with Crippen molar-refractivity contribution in [3.8, 4) is 17.2 Å². The standard InChI is InChI=1S/C25H24N2O5/c1-16-9-17(2)11-19(10-16)30-14-24(28)27-21-6-4-3-5-20(21)25(29)26-13-18-7-8-22-23(12-18)32-15-31-22/h3-12H,13-15H2,1-2H3,(H,26,29)(H,27,28). The van der Waals surface area contributed by atoms with Gasteiger partial charge in [-0.25, -0.2) is 0 Å². The number of hydrogen-bond acceptors (Lipinski definition) is 5. The molecule has 1 heterocycles. The van der Waals surface area contributed by atoms with Gasteiger partial charge in [-0.15, -0.1) is 0 Å². The fourth-order valence-corrected chi connectivity index (χ4v) is 3.47. The SMILES string of the molecule is Cc1cc(C)cc(OCC(=O)Nc2ccccc2C(=O)NCc2ccc3c(c2)OCO3)c1. The predicted molar refractivity (Wildman–Crippen MR) is 120 cm³/mol. The number of rotatable bonds is 7. The molecule has 2 N–H and O–H groups in total. The van der Waals surface area contributed by atoms with E-state index in [9.17, 15) is 9.59 Å². The summed E-state index contributed by atoms with van der Waals surface area (Å²) in [7, 11) is 0. The van der Waals surface area contributed by atoms with Gasteiger partial charge in [0.25, 0.3) is 11.8 Å². The Morgan fingerprint density at radius 2 is 1.69 bits per heavy atom. The van der Waals surface area contributed by atoms with Gasteiger partial charge in [-0.3, -0.25) is 9.59 Å². The van der Waals surface area contributed by atoms with E-state index in [1.54, 1.807) is 24.3 Å². The zero-order valence-corrected chi connectivity index (χ0v) is 17.9. The lowest BCUT2D eigenvalue weighted by Crippen LogP contribution is -2.26. The summed E-state index contributed by atoms with van der Waals surface area (Å²) in [6.07, 6.45) is 0. The van der Waals surface area contributed by atoms with Crippen LogP contribution in [0, 0.1) is 13.8 Å². The molecule has 1 aliphatic rings. The van der Waals surface area contributed by atoms with Crippen molar-refractivity contribution in [3.63, 3.8) is 0 Å². The van der Waals surface area contributed by atoms with E-state index in [1.165, 1.54) is 0 Å². The summed E-state index contributed by atoms with van der Waals surface area (Å²) in [6, 6.07) is 18.1. The monoisotopic (exact) mass is 432 g/mol. The third-order valence-electron chi connectivity index (χ3n) is 4.90. The zero-order valence-electron chi connectivity index (χ0n) is 17.9. The van der Waals surface area contributed by atoms with Crippen LogP contribution in [0.1, 0.15) is 27.0 Å². The zero-order chi connectivity index (χ0) is 22.5. The predicted octanol–water partition coefficient (Wildman–Crippen LogP) is 3.98. The smallest absolute Gasteiger partial charge is 0.262 e. The minimum Gasteiger partial charge on any atom is -0.484 e. The van der Waals surface area contributed by atoms with E-state index >= 15 is 0 Å². The molecule has 0 saturated heterocycles. The molecule has 32 heavy (non-hydrogen) atoms. The van der Waals surface area contributed by atoms with Gasteiger partial charge >= 0.3 is 0 Å². The fraction of sp³-hybridized carbons (Fsp3) is 0.200. The van der Waals surface area contributed by atoms with Crippen LogP contribution in [0.4, 0.5) is 5.69 Å². The quantitative estimate of drug-likeness (QED) is 0.590. The van der Waals surface area contributed by atoms with Crippen LogP contribution in [-0.4, -0.2) is 25.2 Å². The molecule has 1 aliphatic heterocycles. The maximum Gasteiger partial charge on any atom is 0.262 e. The number of anilines is 1. The minimum absolute atomic E-state index is 0.157. The first-order chi connectivity index (χ1) is 15.5. The molecule has 164 valence electrons. The van der Waals surface area contributed by atoms with E-state index in [2.05, 4.69) is 10.6 Å². The molecule has 3 aromatic carbocycles. The minimum atomic E-state index is -0.347. The molecule has 0 aliphatic carbocycles. The van der Waals surface area contributed by atoms with Gasteiger partial charge in [-0.2, -0.15) is 0 Å². The normalized spacial score (nSPS) is 11.7. The van der Waals surface area contributed by atoms with Crippen molar-refractivity contribution in [2.24, 2.45) is 0 Å². The molecule has 3 aromatic rings. The van der Waals surface area contributed by atoms with Gasteiger partial charge < -0.3 is 24.8 Å². The molecule has 0 aromatic heterocycles. The molecule has 7 heteroatoms. The summed E-state index contributed by atoms with van der Waals surface area (Å²) in [5.41, 5.74) is 3.79. The first-order valence-corrected chi connectivity index (χ1v) is 10.2. The van der Waals surface area contributed by atoms with Crippen molar-refractivity contribution in [1.29, 1.82) is 0 Å². The van der Waals surface area contributed by atoms with Crippen molar-refractivity contribution in [2.75, 3.05) is 18.7 Å². The summed E-state index contributed by atoms with van der Waals surface area (Å²) in [4.78, 5) is 25.2. The number of hydrogen-bond donors (Lipinski definition) is 2. The highest BCUT2D eigenvalue weighted by molar-refractivity contribution is 6.04. The molecule has 0 spiro atoms. The van der Waals surface area contributed by atoms with Crippen LogP contribution in [0.5, 0.6) is 17.2 Å². The van der Waals surface area contributed by atoms with Gasteiger partial charge in [0.05, 0.1) is 11.3 Å². The molecule has 0 saturated carbocycles. The lowest BCUT2D eigenvalue weighted by molar-refractivity contribution is -0.118. The van der Waals surface area contributed by atoms with Gasteiger partial charge in [-0.05, 0) is 66.9 Å². The molecule has 0 fully saturated rings. The first kappa shape index (κ1) is 21.2. The largest absolute Gasteiger partial charge is 0.484 e. The highest BCUT2D eigenvalue weighted by atomic mass is 16.7. The molecule has 0 bridgehead atoms. The maximum absolute atomic E-state index is 12.8. The van der Waals surface area contributed by atoms with Gasteiger partial charge in [0.1, 0.15) is 5.75 Å². The van der Waals surface area contributed by atoms with Crippen molar-refractivity contribution in [2.45, 2.75) is 20.4 Å². The number of fused-ring (bicyclic) bond motifs is 1.